The van der Waals surface area contributed by atoms with Crippen LogP contribution in [0.1, 0.15) is 0 Å². The first-order valence-electron chi connectivity index (χ1n) is 4.12. The lowest BCUT2D eigenvalue weighted by Gasteiger charge is -1.98. The first-order valence-corrected chi connectivity index (χ1v) is 4.93. The zero-order valence-electron chi connectivity index (χ0n) is 7.75. The predicted molar refractivity (Wildman–Crippen MR) is 56.4 cm³/mol. The fourth-order valence-corrected chi connectivity index (χ4v) is 1.85. The second kappa shape index (κ2) is 3.81. The maximum atomic E-state index is 13.3. The minimum Gasteiger partial charge on any atom is -0.374 e. The van der Waals surface area contributed by atoms with E-state index in [-0.39, 0.29) is 15.7 Å². The Morgan fingerprint density at radius 2 is 2.19 bits per heavy atom. The van der Waals surface area contributed by atoms with Gasteiger partial charge in [-0.1, -0.05) is 17.4 Å². The second-order valence-electron chi connectivity index (χ2n) is 2.84. The summed E-state index contributed by atoms with van der Waals surface area (Å²) in [5, 5.41) is 18.3. The summed E-state index contributed by atoms with van der Waals surface area (Å²) >= 11 is 0.966. The average molecular weight is 240 g/mol. The molecule has 2 rings (SSSR count). The van der Waals surface area contributed by atoms with Crippen LogP contribution in [0, 0.1) is 15.9 Å². The second-order valence-corrected chi connectivity index (χ2v) is 3.85. The molecular formula is C8H5FN4O2S. The Balaban J connectivity index is 2.65. The summed E-state index contributed by atoms with van der Waals surface area (Å²) in [4.78, 5) is 9.92. The van der Waals surface area contributed by atoms with E-state index >= 15 is 0 Å². The molecule has 82 valence electrons. The number of halogens is 1. The van der Waals surface area contributed by atoms with E-state index in [9.17, 15) is 14.5 Å². The predicted octanol–water partition coefficient (Wildman–Crippen LogP) is 1.83. The number of nitro groups is 1. The van der Waals surface area contributed by atoms with Crippen LogP contribution in [0.25, 0.3) is 10.6 Å². The Morgan fingerprint density at radius 1 is 1.44 bits per heavy atom. The lowest BCUT2D eigenvalue weighted by molar-refractivity contribution is -0.386. The SMILES string of the molecule is Nc1nnc(-c2cccc(F)c2[N+](=O)[O-])s1. The van der Waals surface area contributed by atoms with Crippen LogP contribution in [-0.2, 0) is 0 Å². The van der Waals surface area contributed by atoms with Gasteiger partial charge in [-0.3, -0.25) is 10.1 Å². The van der Waals surface area contributed by atoms with E-state index in [4.69, 9.17) is 5.73 Å². The standard InChI is InChI=1S/C8H5FN4O2S/c9-5-3-1-2-4(6(5)13(14)15)7-11-12-8(10)16-7/h1-3H,(H2,10,12). The van der Waals surface area contributed by atoms with Gasteiger partial charge < -0.3 is 5.73 Å². The van der Waals surface area contributed by atoms with E-state index in [0.717, 1.165) is 17.4 Å². The smallest absolute Gasteiger partial charge is 0.315 e. The number of nitro benzene ring substituents is 1. The zero-order valence-corrected chi connectivity index (χ0v) is 8.57. The van der Waals surface area contributed by atoms with Gasteiger partial charge in [0.1, 0.15) is 0 Å². The van der Waals surface area contributed by atoms with Crippen molar-refractivity contribution in [3.63, 3.8) is 0 Å². The molecule has 0 spiro atoms. The fourth-order valence-electron chi connectivity index (χ4n) is 1.22. The number of aromatic nitrogens is 2. The van der Waals surface area contributed by atoms with Gasteiger partial charge in [-0.05, 0) is 12.1 Å². The van der Waals surface area contributed by atoms with E-state index in [1.54, 1.807) is 0 Å². The molecule has 16 heavy (non-hydrogen) atoms. The number of hydrogen-bond donors (Lipinski definition) is 1. The molecule has 0 aliphatic rings. The number of hydrogen-bond acceptors (Lipinski definition) is 6. The monoisotopic (exact) mass is 240 g/mol. The topological polar surface area (TPSA) is 94.9 Å². The molecule has 0 amide bonds. The zero-order chi connectivity index (χ0) is 11.7. The Labute approximate surface area is 92.7 Å². The average Bonchev–Trinajstić information content (AvgIpc) is 2.63. The largest absolute Gasteiger partial charge is 0.374 e. The Bertz CT molecular complexity index is 557. The molecule has 2 N–H and O–H groups in total. The molecule has 1 aromatic carbocycles. The minimum absolute atomic E-state index is 0.0826. The molecule has 1 aromatic heterocycles. The molecule has 0 atom stereocenters. The Kier molecular flexibility index (Phi) is 2.49. The van der Waals surface area contributed by atoms with E-state index in [1.807, 2.05) is 0 Å². The maximum Gasteiger partial charge on any atom is 0.315 e. The van der Waals surface area contributed by atoms with Crippen LogP contribution in [0.5, 0.6) is 0 Å². The van der Waals surface area contributed by atoms with Gasteiger partial charge in [-0.15, -0.1) is 10.2 Å². The summed E-state index contributed by atoms with van der Waals surface area (Å²) in [6.45, 7) is 0. The lowest BCUT2D eigenvalue weighted by Crippen LogP contribution is -1.95. The van der Waals surface area contributed by atoms with Crippen LogP contribution >= 0.6 is 11.3 Å². The number of nitrogens with zero attached hydrogens (tertiary/aromatic N) is 3. The summed E-state index contributed by atoms with van der Waals surface area (Å²) in [5.41, 5.74) is 4.83. The fraction of sp³-hybridized carbons (Fsp3) is 0. The molecular weight excluding hydrogens is 235 g/mol. The molecule has 8 heteroatoms. The van der Waals surface area contributed by atoms with Gasteiger partial charge in [0.25, 0.3) is 0 Å². The number of rotatable bonds is 2. The van der Waals surface area contributed by atoms with Crippen molar-refractivity contribution in [3.05, 3.63) is 34.1 Å². The highest BCUT2D eigenvalue weighted by atomic mass is 32.1. The first-order chi connectivity index (χ1) is 7.59. The van der Waals surface area contributed by atoms with Crippen molar-refractivity contribution in [2.45, 2.75) is 0 Å². The Hall–Kier alpha value is -2.09. The van der Waals surface area contributed by atoms with E-state index in [0.29, 0.717) is 0 Å². The molecule has 0 fully saturated rings. The molecule has 6 nitrogen and oxygen atoms in total. The number of nitrogens with two attached hydrogens (primary N) is 1. The van der Waals surface area contributed by atoms with Crippen molar-refractivity contribution >= 4 is 22.2 Å². The summed E-state index contributed by atoms with van der Waals surface area (Å²) in [5.74, 6) is -0.906. The summed E-state index contributed by atoms with van der Waals surface area (Å²) in [6, 6.07) is 3.79. The molecule has 1 heterocycles. The van der Waals surface area contributed by atoms with Crippen molar-refractivity contribution in [3.8, 4) is 10.6 Å². The van der Waals surface area contributed by atoms with Gasteiger partial charge >= 0.3 is 5.69 Å². The van der Waals surface area contributed by atoms with Crippen molar-refractivity contribution in [2.75, 3.05) is 5.73 Å². The lowest BCUT2D eigenvalue weighted by atomic mass is 10.2. The van der Waals surface area contributed by atoms with Crippen LogP contribution < -0.4 is 5.73 Å². The highest BCUT2D eigenvalue weighted by Crippen LogP contribution is 2.34. The van der Waals surface area contributed by atoms with Crippen molar-refractivity contribution in [1.82, 2.24) is 10.2 Å². The highest BCUT2D eigenvalue weighted by molar-refractivity contribution is 7.18. The van der Waals surface area contributed by atoms with E-state index in [1.165, 1.54) is 12.1 Å². The maximum absolute atomic E-state index is 13.3. The van der Waals surface area contributed by atoms with Crippen molar-refractivity contribution in [2.24, 2.45) is 0 Å². The van der Waals surface area contributed by atoms with Crippen LogP contribution in [0.3, 0.4) is 0 Å². The van der Waals surface area contributed by atoms with E-state index < -0.39 is 16.4 Å². The van der Waals surface area contributed by atoms with Crippen molar-refractivity contribution in [1.29, 1.82) is 0 Å². The summed E-state index contributed by atoms with van der Waals surface area (Å²) in [6.07, 6.45) is 0. The van der Waals surface area contributed by atoms with Crippen LogP contribution in [0.15, 0.2) is 18.2 Å². The van der Waals surface area contributed by atoms with Gasteiger partial charge in [0.05, 0.1) is 10.5 Å². The minimum atomic E-state index is -0.906. The van der Waals surface area contributed by atoms with Crippen LogP contribution in [0.4, 0.5) is 15.2 Å². The van der Waals surface area contributed by atoms with Gasteiger partial charge in [0, 0.05) is 0 Å². The normalized spacial score (nSPS) is 10.3. The molecule has 0 saturated heterocycles. The molecule has 0 aliphatic heterocycles. The van der Waals surface area contributed by atoms with Gasteiger partial charge in [-0.25, -0.2) is 0 Å². The highest BCUT2D eigenvalue weighted by Gasteiger charge is 2.23. The van der Waals surface area contributed by atoms with Crippen LogP contribution in [-0.4, -0.2) is 15.1 Å². The number of anilines is 1. The number of benzene rings is 1. The molecule has 0 bridgehead atoms. The summed E-state index contributed by atoms with van der Waals surface area (Å²) < 4.78 is 13.3. The van der Waals surface area contributed by atoms with E-state index in [2.05, 4.69) is 10.2 Å². The van der Waals surface area contributed by atoms with Crippen molar-refractivity contribution < 1.29 is 9.31 Å². The van der Waals surface area contributed by atoms with Crippen LogP contribution in [0.2, 0.25) is 0 Å². The Morgan fingerprint density at radius 3 is 2.75 bits per heavy atom. The van der Waals surface area contributed by atoms with Gasteiger partial charge in [0.15, 0.2) is 5.01 Å². The third kappa shape index (κ3) is 1.70. The molecule has 0 unspecified atom stereocenters. The first kappa shape index (κ1) is 10.4. The number of para-hydroxylation sites is 1. The molecule has 2 aromatic rings. The molecule has 0 saturated carbocycles. The quantitative estimate of drug-likeness (QED) is 0.638. The number of nitrogen functional groups attached to an aromatic ring is 1. The molecule has 0 radical (unpaired) electrons. The molecule has 0 aliphatic carbocycles. The third-order valence-corrected chi connectivity index (χ3v) is 2.63. The van der Waals surface area contributed by atoms with Gasteiger partial charge in [0.2, 0.25) is 10.9 Å². The van der Waals surface area contributed by atoms with Gasteiger partial charge in [-0.2, -0.15) is 4.39 Å². The third-order valence-electron chi connectivity index (χ3n) is 1.84. The summed E-state index contributed by atoms with van der Waals surface area (Å²) in [7, 11) is 0.